The van der Waals surface area contributed by atoms with E-state index in [4.69, 9.17) is 35.4 Å². The minimum atomic E-state index is -0.311. The molecule has 80 heavy (non-hydrogen) atoms. The lowest BCUT2D eigenvalue weighted by molar-refractivity contribution is 0.00578. The van der Waals surface area contributed by atoms with Crippen LogP contribution in [-0.4, -0.2) is 149 Å². The summed E-state index contributed by atoms with van der Waals surface area (Å²) in [6.07, 6.45) is 7.99. The van der Waals surface area contributed by atoms with E-state index in [1.54, 1.807) is 6.20 Å². The van der Waals surface area contributed by atoms with Crippen molar-refractivity contribution in [2.24, 2.45) is 11.8 Å². The van der Waals surface area contributed by atoms with E-state index in [-0.39, 0.29) is 30.4 Å². The van der Waals surface area contributed by atoms with Crippen LogP contribution in [0.15, 0.2) is 73.1 Å². The lowest BCUT2D eigenvalue weighted by Crippen LogP contribution is -2.41. The minimum Gasteiger partial charge on any atom is -0.399 e. The summed E-state index contributed by atoms with van der Waals surface area (Å²) in [5, 5.41) is 20.8. The second kappa shape index (κ2) is 25.5. The quantitative estimate of drug-likeness (QED) is 0.0751. The Balaban J connectivity index is 0.000000156. The minimum absolute atomic E-state index is 0.0193. The summed E-state index contributed by atoms with van der Waals surface area (Å²) in [5.74, 6) is 3.01. The van der Waals surface area contributed by atoms with E-state index < -0.39 is 0 Å². The number of ether oxygens (including phenoxy) is 2. The standard InChI is InChI=1S/C27H34N6O2.C23H29ClN4O2.C10H17BN2O2/c1-4-20-7-8-33(17-20)27(34)29-22-6-5-18(2)23(15-22)21-13-25(24-16-28-31-19(24)3)30-26(14-21)32-9-11-35-12-10-32;1-3-17-6-7-28(15-17)23(29)25-19-5-4-16(2)20(14-19)18-12-21(24)26-22(13-18)27-8-10-30-11-9-27;1-7-8(6-12-13-7)11-14-9(2,3)10(4,5)15-11/h5-6,13-16,20H,4,7-12,17H2,1-3H3,(H,28,31)(H,29,34);4-5,12-14,17H,3,6-11,15H2,1-2H3,(H,25,29);6H,1-5H3,(H,12,13)/t20-;17-;/m11./s1. The normalized spacial score (nSPS) is 19.6. The number of benzene rings is 2. The fourth-order valence-corrected chi connectivity index (χ4v) is 10.9. The van der Waals surface area contributed by atoms with Crippen molar-refractivity contribution in [1.29, 1.82) is 0 Å². The Morgan fingerprint density at radius 2 is 1.10 bits per heavy atom. The van der Waals surface area contributed by atoms with Crippen molar-refractivity contribution in [3.63, 3.8) is 0 Å². The van der Waals surface area contributed by atoms with Gasteiger partial charge in [-0.1, -0.05) is 50.4 Å². The van der Waals surface area contributed by atoms with Gasteiger partial charge < -0.3 is 49.0 Å². The van der Waals surface area contributed by atoms with Gasteiger partial charge in [-0.2, -0.15) is 10.2 Å². The van der Waals surface area contributed by atoms with Crippen LogP contribution in [0.2, 0.25) is 5.15 Å². The van der Waals surface area contributed by atoms with Gasteiger partial charge in [0.25, 0.3) is 0 Å². The number of morpholine rings is 2. The Labute approximate surface area is 477 Å². The number of nitrogens with zero attached hydrogens (tertiary/aromatic N) is 8. The number of carbonyl (C=O) groups excluding carboxylic acids is 2. The van der Waals surface area contributed by atoms with E-state index in [2.05, 4.69) is 104 Å². The number of aromatic nitrogens is 6. The number of carbonyl (C=O) groups is 2. The molecule has 4 aromatic heterocycles. The Kier molecular flexibility index (Phi) is 18.6. The van der Waals surface area contributed by atoms with Crippen LogP contribution in [0.5, 0.6) is 0 Å². The number of amides is 4. The molecule has 0 spiro atoms. The van der Waals surface area contributed by atoms with Gasteiger partial charge in [0, 0.05) is 92.3 Å². The predicted octanol–water partition coefficient (Wildman–Crippen LogP) is 10.7. The van der Waals surface area contributed by atoms with Crippen LogP contribution in [-0.2, 0) is 18.8 Å². The van der Waals surface area contributed by atoms with Crippen molar-refractivity contribution in [2.75, 3.05) is 99.2 Å². The Morgan fingerprint density at radius 1 is 0.625 bits per heavy atom. The van der Waals surface area contributed by atoms with Gasteiger partial charge in [-0.25, -0.2) is 19.6 Å². The van der Waals surface area contributed by atoms with Gasteiger partial charge in [-0.05, 0) is 162 Å². The third-order valence-electron chi connectivity index (χ3n) is 16.6. The highest BCUT2D eigenvalue weighted by molar-refractivity contribution is 6.62. The van der Waals surface area contributed by atoms with E-state index in [0.717, 1.165) is 163 Å². The molecule has 0 bridgehead atoms. The summed E-state index contributed by atoms with van der Waals surface area (Å²) < 4.78 is 22.8. The average molecular weight is 1110 g/mol. The number of pyridine rings is 2. The van der Waals surface area contributed by atoms with Crippen molar-refractivity contribution >= 4 is 59.3 Å². The summed E-state index contributed by atoms with van der Waals surface area (Å²) in [5.41, 5.74) is 12.3. The molecule has 5 saturated heterocycles. The van der Waals surface area contributed by atoms with Crippen LogP contribution in [0.4, 0.5) is 32.6 Å². The van der Waals surface area contributed by atoms with Crippen molar-refractivity contribution in [3.05, 3.63) is 101 Å². The van der Waals surface area contributed by atoms with E-state index >= 15 is 0 Å². The third kappa shape index (κ3) is 13.8. The Bertz CT molecular complexity index is 3080. The number of nitrogens with one attached hydrogen (secondary N) is 4. The van der Waals surface area contributed by atoms with Gasteiger partial charge in [-0.15, -0.1) is 0 Å². The van der Waals surface area contributed by atoms with E-state index in [1.165, 1.54) is 0 Å². The third-order valence-corrected chi connectivity index (χ3v) is 16.8. The smallest absolute Gasteiger partial charge is 0.399 e. The number of aromatic amines is 2. The highest BCUT2D eigenvalue weighted by Gasteiger charge is 2.52. The Morgan fingerprint density at radius 3 is 1.55 bits per heavy atom. The molecule has 5 aliphatic rings. The number of aryl methyl sites for hydroxylation is 4. The number of halogens is 1. The monoisotopic (exact) mass is 1110 g/mol. The van der Waals surface area contributed by atoms with Crippen LogP contribution in [0.3, 0.4) is 0 Å². The first-order valence-corrected chi connectivity index (χ1v) is 28.8. The van der Waals surface area contributed by atoms with Gasteiger partial charge in [0.2, 0.25) is 0 Å². The zero-order valence-corrected chi connectivity index (χ0v) is 49.1. The molecule has 4 amide bonds. The Hall–Kier alpha value is -6.51. The van der Waals surface area contributed by atoms with Crippen LogP contribution < -0.4 is 25.9 Å². The van der Waals surface area contributed by atoms with Crippen LogP contribution >= 0.6 is 11.6 Å². The first-order valence-electron chi connectivity index (χ1n) is 28.4. The molecule has 4 N–H and O–H groups in total. The second-order valence-electron chi connectivity index (χ2n) is 22.7. The van der Waals surface area contributed by atoms with Gasteiger partial charge in [-0.3, -0.25) is 10.2 Å². The zero-order valence-electron chi connectivity index (χ0n) is 48.4. The maximum atomic E-state index is 12.9. The number of H-pyrrole nitrogens is 2. The van der Waals surface area contributed by atoms with E-state index in [0.29, 0.717) is 43.4 Å². The molecule has 6 aromatic rings. The van der Waals surface area contributed by atoms with Gasteiger partial charge in [0.1, 0.15) is 16.8 Å². The maximum absolute atomic E-state index is 12.9. The van der Waals surface area contributed by atoms with Gasteiger partial charge >= 0.3 is 19.2 Å². The molecule has 426 valence electrons. The fraction of sp³-hybridized carbons (Fsp3) is 0.500. The molecule has 9 heterocycles. The largest absolute Gasteiger partial charge is 0.498 e. The molecule has 2 aromatic carbocycles. The number of likely N-dealkylation sites (tertiary alicyclic amines) is 2. The first kappa shape index (κ1) is 58.2. The van der Waals surface area contributed by atoms with Crippen molar-refractivity contribution < 1.29 is 28.4 Å². The van der Waals surface area contributed by atoms with Crippen LogP contribution in [0.1, 0.15) is 89.7 Å². The summed E-state index contributed by atoms with van der Waals surface area (Å²) >= 11 is 6.36. The molecule has 18 nitrogen and oxygen atoms in total. The molecule has 11 rings (SSSR count). The molecule has 20 heteroatoms. The molecule has 0 aliphatic carbocycles. The first-order chi connectivity index (χ1) is 38.4. The maximum Gasteiger partial charge on any atom is 0.498 e. The van der Waals surface area contributed by atoms with Crippen molar-refractivity contribution in [2.45, 2.75) is 106 Å². The molecule has 0 unspecified atom stereocenters. The number of anilines is 4. The molecular formula is C60H80BClN12O6. The highest BCUT2D eigenvalue weighted by Crippen LogP contribution is 2.38. The van der Waals surface area contributed by atoms with Gasteiger partial charge in [0.15, 0.2) is 0 Å². The number of rotatable bonds is 10. The highest BCUT2D eigenvalue weighted by atomic mass is 35.5. The molecule has 0 saturated carbocycles. The van der Waals surface area contributed by atoms with Crippen LogP contribution in [0.25, 0.3) is 33.5 Å². The molecular weight excluding hydrogens is 1030 g/mol. The lowest BCUT2D eigenvalue weighted by atomic mass is 9.79. The van der Waals surface area contributed by atoms with E-state index in [9.17, 15) is 9.59 Å². The van der Waals surface area contributed by atoms with Crippen LogP contribution in [0, 0.1) is 39.5 Å². The second-order valence-corrected chi connectivity index (χ2v) is 23.1. The topological polar surface area (TPSA) is 191 Å². The fourth-order valence-electron chi connectivity index (χ4n) is 10.7. The van der Waals surface area contributed by atoms with Gasteiger partial charge in [0.05, 0.1) is 49.5 Å². The lowest BCUT2D eigenvalue weighted by Gasteiger charge is -2.32. The number of hydrogen-bond acceptors (Lipinski definition) is 12. The molecule has 5 aliphatic heterocycles. The zero-order chi connectivity index (χ0) is 56.7. The predicted molar refractivity (Wildman–Crippen MR) is 319 cm³/mol. The van der Waals surface area contributed by atoms with Crippen molar-refractivity contribution in [3.8, 4) is 33.5 Å². The summed E-state index contributed by atoms with van der Waals surface area (Å²) in [6.45, 7) is 30.0. The number of urea groups is 2. The summed E-state index contributed by atoms with van der Waals surface area (Å²) in [6, 6.07) is 20.3. The summed E-state index contributed by atoms with van der Waals surface area (Å²) in [4.78, 5) is 43.4. The average Bonchev–Trinajstić information content (AvgIpc) is 4.40. The molecule has 0 radical (unpaired) electrons. The molecule has 5 fully saturated rings. The SMILES string of the molecule is CC[C@@H]1CCN(C(=O)Nc2ccc(C)c(-c3cc(-c4cn[nH]c4C)nc(N4CCOCC4)c3)c2)C1.CC[C@@H]1CCN(C(=O)Nc2ccc(C)c(-c3cc(Cl)nc(N4CCOCC4)c3)c2)C1.Cc1[nH]ncc1B1OC(C)(C)C(C)(C)O1. The molecule has 2 atom stereocenters. The number of hydrogen-bond donors (Lipinski definition) is 4. The van der Waals surface area contributed by atoms with E-state index in [1.807, 2.05) is 87.9 Å². The summed E-state index contributed by atoms with van der Waals surface area (Å²) in [7, 11) is -0.311. The van der Waals surface area contributed by atoms with Crippen molar-refractivity contribution in [1.82, 2.24) is 40.2 Å².